The lowest BCUT2D eigenvalue weighted by Crippen LogP contribution is -2.27. The molecular weight excluding hydrogens is 416 g/mol. The van der Waals surface area contributed by atoms with Crippen LogP contribution in [0, 0.1) is 0 Å². The molecule has 0 amide bonds. The number of hydrogen-bond donors (Lipinski definition) is 1. The van der Waals surface area contributed by atoms with Gasteiger partial charge in [0.25, 0.3) is 0 Å². The van der Waals surface area contributed by atoms with E-state index in [-0.39, 0.29) is 6.04 Å². The highest BCUT2D eigenvalue weighted by Gasteiger charge is 2.27. The van der Waals surface area contributed by atoms with E-state index in [0.717, 1.165) is 54.3 Å². The van der Waals surface area contributed by atoms with E-state index in [0.29, 0.717) is 19.3 Å². The van der Waals surface area contributed by atoms with Crippen molar-refractivity contribution >= 4 is 11.6 Å². The Balaban J connectivity index is 1.46. The third-order valence-corrected chi connectivity index (χ3v) is 6.56. The van der Waals surface area contributed by atoms with Crippen molar-refractivity contribution in [3.05, 3.63) is 46.9 Å². The average molecular weight is 449 g/mol. The molecule has 0 radical (unpaired) electrons. The van der Waals surface area contributed by atoms with Crippen LogP contribution in [0.15, 0.2) is 24.3 Å². The number of fused-ring (bicyclic) bond motifs is 2. The van der Waals surface area contributed by atoms with Gasteiger partial charge in [0.15, 0.2) is 11.6 Å². The van der Waals surface area contributed by atoms with E-state index in [1.54, 1.807) is 0 Å². The van der Waals surface area contributed by atoms with Crippen LogP contribution in [-0.2, 0) is 31.0 Å². The summed E-state index contributed by atoms with van der Waals surface area (Å²) in [5.41, 5.74) is 4.56. The van der Waals surface area contributed by atoms with Crippen molar-refractivity contribution in [2.24, 2.45) is 0 Å². The van der Waals surface area contributed by atoms with E-state index in [1.807, 2.05) is 13.1 Å². The van der Waals surface area contributed by atoms with Crippen LogP contribution in [-0.4, -0.2) is 51.5 Å². The molecule has 2 aliphatic rings. The molecule has 33 heavy (non-hydrogen) atoms. The van der Waals surface area contributed by atoms with Crippen molar-refractivity contribution in [2.45, 2.75) is 59.1 Å². The van der Waals surface area contributed by atoms with Crippen LogP contribution in [0.25, 0.3) is 11.5 Å². The normalized spacial score (nSPS) is 17.4. The molecule has 174 valence electrons. The molecule has 0 saturated heterocycles. The van der Waals surface area contributed by atoms with Gasteiger partial charge in [-0.3, -0.25) is 0 Å². The van der Waals surface area contributed by atoms with Crippen LogP contribution in [0.1, 0.15) is 49.5 Å². The summed E-state index contributed by atoms with van der Waals surface area (Å²) in [6, 6.07) is 8.94. The smallest absolute Gasteiger partial charge is 0.183 e. The first kappa shape index (κ1) is 21.8. The minimum absolute atomic E-state index is 0.187. The van der Waals surface area contributed by atoms with Gasteiger partial charge in [0.05, 0.1) is 18.3 Å². The Kier molecular flexibility index (Phi) is 5.76. The molecule has 0 fully saturated rings. The zero-order chi connectivity index (χ0) is 23.1. The summed E-state index contributed by atoms with van der Waals surface area (Å²) < 4.78 is 7.75. The minimum atomic E-state index is 0.187. The third kappa shape index (κ3) is 3.95. The van der Waals surface area contributed by atoms with Crippen LogP contribution in [0.5, 0.6) is 0 Å². The maximum atomic E-state index is 5.60. The number of aromatic nitrogens is 5. The summed E-state index contributed by atoms with van der Waals surface area (Å²) in [7, 11) is 4.07. The van der Waals surface area contributed by atoms with Gasteiger partial charge in [-0.2, -0.15) is 0 Å². The second kappa shape index (κ2) is 8.72. The quantitative estimate of drug-likeness (QED) is 0.616. The Bertz CT molecular complexity index is 1160. The molecule has 0 bridgehead atoms. The largest absolute Gasteiger partial charge is 0.371 e. The molecule has 2 aliphatic heterocycles. The molecule has 3 aromatic rings. The Morgan fingerprint density at radius 1 is 1.21 bits per heavy atom. The zero-order valence-electron chi connectivity index (χ0n) is 20.0. The molecule has 1 atom stereocenters. The summed E-state index contributed by atoms with van der Waals surface area (Å²) in [6.45, 7) is 10.00. The Labute approximate surface area is 194 Å². The predicted octanol–water partition coefficient (Wildman–Crippen LogP) is 2.91. The maximum Gasteiger partial charge on any atom is 0.183 e. The van der Waals surface area contributed by atoms with Gasteiger partial charge >= 0.3 is 0 Å². The molecular formula is C24H32N8O. The van der Waals surface area contributed by atoms with Gasteiger partial charge in [0.1, 0.15) is 23.9 Å². The molecule has 9 heteroatoms. The number of rotatable bonds is 6. The van der Waals surface area contributed by atoms with Gasteiger partial charge in [0.2, 0.25) is 0 Å². The van der Waals surface area contributed by atoms with E-state index < -0.39 is 0 Å². The van der Waals surface area contributed by atoms with Crippen molar-refractivity contribution in [2.75, 3.05) is 30.5 Å². The van der Waals surface area contributed by atoms with Gasteiger partial charge in [-0.25, -0.2) is 9.97 Å². The molecule has 3 aromatic heterocycles. The third-order valence-electron chi connectivity index (χ3n) is 6.56. The molecule has 0 aliphatic carbocycles. The summed E-state index contributed by atoms with van der Waals surface area (Å²) in [5, 5.41) is 12.1. The van der Waals surface area contributed by atoms with Crippen molar-refractivity contribution < 1.29 is 4.74 Å². The summed E-state index contributed by atoms with van der Waals surface area (Å²) in [5.74, 6) is 3.62. The second-order valence-corrected chi connectivity index (χ2v) is 9.21. The number of nitrogens with zero attached hydrogens (tertiary/aromatic N) is 7. The SMILES string of the molecule is CNCc1nc(N(C)C(C)C)cc2c1CN(c1cccc(-c3nnc4n3C(C)COC4)n1)C2. The molecule has 1 unspecified atom stereocenters. The van der Waals surface area contributed by atoms with Crippen LogP contribution in [0.2, 0.25) is 0 Å². The molecule has 0 spiro atoms. The molecule has 0 saturated carbocycles. The van der Waals surface area contributed by atoms with Crippen LogP contribution < -0.4 is 15.1 Å². The minimum Gasteiger partial charge on any atom is -0.371 e. The van der Waals surface area contributed by atoms with E-state index in [2.05, 4.69) is 75.9 Å². The number of anilines is 2. The Hall–Kier alpha value is -3.04. The number of hydrogen-bond acceptors (Lipinski definition) is 8. The zero-order valence-corrected chi connectivity index (χ0v) is 20.0. The molecule has 5 rings (SSSR count). The van der Waals surface area contributed by atoms with Crippen LogP contribution in [0.4, 0.5) is 11.6 Å². The molecule has 9 nitrogen and oxygen atoms in total. The maximum absolute atomic E-state index is 5.60. The Morgan fingerprint density at radius 2 is 2.06 bits per heavy atom. The molecule has 1 N–H and O–H groups in total. The van der Waals surface area contributed by atoms with Crippen molar-refractivity contribution in [1.29, 1.82) is 0 Å². The lowest BCUT2D eigenvalue weighted by atomic mass is 10.1. The highest BCUT2D eigenvalue weighted by molar-refractivity contribution is 5.58. The standard InChI is InChI=1S/C24H32N8O/c1-15(2)30(5)22-9-17-11-31(12-18(17)20(27-22)10-25-4)21-8-6-7-19(26-21)24-29-28-23-14-33-13-16(3)32(23)24/h6-9,15-16,25H,10-14H2,1-5H3. The van der Waals surface area contributed by atoms with Gasteiger partial charge in [-0.05, 0) is 57.1 Å². The summed E-state index contributed by atoms with van der Waals surface area (Å²) in [6.07, 6.45) is 0. The number of ether oxygens (including phenoxy) is 1. The molecule has 5 heterocycles. The predicted molar refractivity (Wildman–Crippen MR) is 128 cm³/mol. The fourth-order valence-corrected chi connectivity index (χ4v) is 4.55. The highest BCUT2D eigenvalue weighted by atomic mass is 16.5. The first-order valence-corrected chi connectivity index (χ1v) is 11.6. The van der Waals surface area contributed by atoms with Gasteiger partial charge in [-0.15, -0.1) is 10.2 Å². The lowest BCUT2D eigenvalue weighted by Gasteiger charge is -2.24. The van der Waals surface area contributed by atoms with Crippen LogP contribution in [0.3, 0.4) is 0 Å². The first-order valence-electron chi connectivity index (χ1n) is 11.6. The van der Waals surface area contributed by atoms with Gasteiger partial charge in [-0.1, -0.05) is 6.07 Å². The average Bonchev–Trinajstić information content (AvgIpc) is 3.44. The fraction of sp³-hybridized carbons (Fsp3) is 0.500. The summed E-state index contributed by atoms with van der Waals surface area (Å²) in [4.78, 5) is 14.5. The van der Waals surface area contributed by atoms with E-state index in [1.165, 1.54) is 11.1 Å². The summed E-state index contributed by atoms with van der Waals surface area (Å²) >= 11 is 0. The number of pyridine rings is 2. The van der Waals surface area contributed by atoms with Gasteiger partial charge < -0.3 is 24.4 Å². The van der Waals surface area contributed by atoms with Crippen molar-refractivity contribution in [3.8, 4) is 11.5 Å². The van der Waals surface area contributed by atoms with E-state index >= 15 is 0 Å². The molecule has 0 aromatic carbocycles. The lowest BCUT2D eigenvalue weighted by molar-refractivity contribution is 0.0609. The van der Waals surface area contributed by atoms with E-state index in [9.17, 15) is 0 Å². The first-order chi connectivity index (χ1) is 16.0. The van der Waals surface area contributed by atoms with Crippen molar-refractivity contribution in [1.82, 2.24) is 30.0 Å². The monoisotopic (exact) mass is 448 g/mol. The fourth-order valence-electron chi connectivity index (χ4n) is 4.55. The second-order valence-electron chi connectivity index (χ2n) is 9.21. The number of nitrogens with one attached hydrogen (secondary N) is 1. The topological polar surface area (TPSA) is 84.2 Å². The van der Waals surface area contributed by atoms with E-state index in [4.69, 9.17) is 14.7 Å². The van der Waals surface area contributed by atoms with Crippen LogP contribution >= 0.6 is 0 Å². The van der Waals surface area contributed by atoms with Crippen molar-refractivity contribution in [3.63, 3.8) is 0 Å². The highest BCUT2D eigenvalue weighted by Crippen LogP contribution is 2.33. The van der Waals surface area contributed by atoms with Gasteiger partial charge in [0, 0.05) is 32.7 Å². The Morgan fingerprint density at radius 3 is 2.85 bits per heavy atom.